The van der Waals surface area contributed by atoms with Gasteiger partial charge in [0.1, 0.15) is 12.7 Å². The first-order chi connectivity index (χ1) is 11.2. The highest BCUT2D eigenvalue weighted by Crippen LogP contribution is 2.19. The van der Waals surface area contributed by atoms with Gasteiger partial charge in [0.05, 0.1) is 11.9 Å². The van der Waals surface area contributed by atoms with Gasteiger partial charge in [0.2, 0.25) is 5.91 Å². The lowest BCUT2D eigenvalue weighted by molar-refractivity contribution is -0.116. The molecule has 0 radical (unpaired) electrons. The first-order valence-electron chi connectivity index (χ1n) is 8.03. The number of carbonyl (C=O) groups is 1. The van der Waals surface area contributed by atoms with Crippen molar-refractivity contribution in [2.24, 2.45) is 0 Å². The Labute approximate surface area is 135 Å². The third-order valence-corrected chi connectivity index (χ3v) is 4.31. The Bertz CT molecular complexity index is 625. The monoisotopic (exact) mass is 314 g/mol. The van der Waals surface area contributed by atoms with Gasteiger partial charge in [-0.25, -0.2) is 14.6 Å². The second kappa shape index (κ2) is 7.32. The summed E-state index contributed by atoms with van der Waals surface area (Å²) in [7, 11) is 2.15. The third kappa shape index (κ3) is 4.13. The first-order valence-corrected chi connectivity index (χ1v) is 8.03. The Morgan fingerprint density at radius 1 is 1.39 bits per heavy atom. The number of pyridine rings is 1. The van der Waals surface area contributed by atoms with Gasteiger partial charge in [-0.05, 0) is 45.0 Å². The molecule has 1 N–H and O–H groups in total. The average Bonchev–Trinajstić information content (AvgIpc) is 3.09. The van der Waals surface area contributed by atoms with Crippen molar-refractivity contribution in [3.05, 3.63) is 31.0 Å². The Balaban J connectivity index is 1.49. The molecule has 1 aliphatic heterocycles. The molecule has 0 spiro atoms. The van der Waals surface area contributed by atoms with Crippen LogP contribution < -0.4 is 5.32 Å². The van der Waals surface area contributed by atoms with Crippen LogP contribution in [0.3, 0.4) is 0 Å². The van der Waals surface area contributed by atoms with E-state index in [1.807, 2.05) is 6.07 Å². The largest absolute Gasteiger partial charge is 0.325 e. The normalized spacial score (nSPS) is 18.7. The molecule has 1 aliphatic rings. The standard InChI is InChI=1S/C16H22N6O/c1-21-9-3-2-4-14(21)6-8-16(23)20-13-5-7-15(18-10-13)22-12-17-11-19-22/h5,7,10-12,14H,2-4,6,8-9H2,1H3,(H,20,23). The van der Waals surface area contributed by atoms with Crippen molar-refractivity contribution in [2.45, 2.75) is 38.1 Å². The summed E-state index contributed by atoms with van der Waals surface area (Å²) in [5, 5.41) is 6.92. The number of aromatic nitrogens is 4. The van der Waals surface area contributed by atoms with Crippen LogP contribution in [0.2, 0.25) is 0 Å². The zero-order valence-corrected chi connectivity index (χ0v) is 13.4. The van der Waals surface area contributed by atoms with Crippen LogP contribution >= 0.6 is 0 Å². The van der Waals surface area contributed by atoms with Gasteiger partial charge in [-0.2, -0.15) is 5.10 Å². The van der Waals surface area contributed by atoms with E-state index in [2.05, 4.69) is 32.3 Å². The van der Waals surface area contributed by atoms with E-state index in [-0.39, 0.29) is 5.91 Å². The number of hydrogen-bond acceptors (Lipinski definition) is 5. The zero-order valence-electron chi connectivity index (χ0n) is 13.4. The molecule has 23 heavy (non-hydrogen) atoms. The molecule has 7 nitrogen and oxygen atoms in total. The van der Waals surface area contributed by atoms with Crippen molar-refractivity contribution < 1.29 is 4.79 Å². The lowest BCUT2D eigenvalue weighted by atomic mass is 9.98. The Kier molecular flexibility index (Phi) is 4.97. The predicted molar refractivity (Wildman–Crippen MR) is 87.3 cm³/mol. The van der Waals surface area contributed by atoms with Crippen LogP contribution in [0.5, 0.6) is 0 Å². The van der Waals surface area contributed by atoms with Crippen LogP contribution in [0.25, 0.3) is 5.82 Å². The summed E-state index contributed by atoms with van der Waals surface area (Å²) >= 11 is 0. The molecule has 1 amide bonds. The molecule has 2 aromatic heterocycles. The Hall–Kier alpha value is -2.28. The molecule has 1 unspecified atom stereocenters. The highest BCUT2D eigenvalue weighted by atomic mass is 16.1. The number of hydrogen-bond donors (Lipinski definition) is 1. The maximum atomic E-state index is 12.1. The van der Waals surface area contributed by atoms with E-state index in [9.17, 15) is 4.79 Å². The zero-order chi connectivity index (χ0) is 16.1. The van der Waals surface area contributed by atoms with Crippen LogP contribution in [-0.4, -0.2) is 50.2 Å². The van der Waals surface area contributed by atoms with Crippen molar-refractivity contribution in [3.8, 4) is 5.82 Å². The second-order valence-corrected chi connectivity index (χ2v) is 5.96. The molecule has 3 rings (SSSR count). The van der Waals surface area contributed by atoms with Crippen molar-refractivity contribution in [1.82, 2.24) is 24.6 Å². The van der Waals surface area contributed by atoms with Gasteiger partial charge in [-0.15, -0.1) is 0 Å². The SMILES string of the molecule is CN1CCCCC1CCC(=O)Nc1ccc(-n2cncn2)nc1. The van der Waals surface area contributed by atoms with Crippen molar-refractivity contribution >= 4 is 11.6 Å². The van der Waals surface area contributed by atoms with E-state index in [0.717, 1.165) is 13.0 Å². The summed E-state index contributed by atoms with van der Waals surface area (Å²) in [4.78, 5) is 22.6. The van der Waals surface area contributed by atoms with Gasteiger partial charge in [-0.1, -0.05) is 6.42 Å². The van der Waals surface area contributed by atoms with E-state index in [4.69, 9.17) is 0 Å². The topological polar surface area (TPSA) is 75.9 Å². The number of nitrogens with one attached hydrogen (secondary N) is 1. The van der Waals surface area contributed by atoms with Crippen LogP contribution in [-0.2, 0) is 4.79 Å². The third-order valence-electron chi connectivity index (χ3n) is 4.31. The molecule has 1 atom stereocenters. The van der Waals surface area contributed by atoms with E-state index >= 15 is 0 Å². The molecular weight excluding hydrogens is 292 g/mol. The van der Waals surface area contributed by atoms with Gasteiger partial charge >= 0.3 is 0 Å². The minimum atomic E-state index is 0.0410. The fourth-order valence-electron chi connectivity index (χ4n) is 2.95. The lowest BCUT2D eigenvalue weighted by Crippen LogP contribution is -2.36. The number of piperidine rings is 1. The summed E-state index contributed by atoms with van der Waals surface area (Å²) in [5.41, 5.74) is 0.705. The summed E-state index contributed by atoms with van der Waals surface area (Å²) in [6.07, 6.45) is 9.86. The lowest BCUT2D eigenvalue weighted by Gasteiger charge is -2.32. The Morgan fingerprint density at radius 3 is 3.00 bits per heavy atom. The van der Waals surface area contributed by atoms with Gasteiger partial charge < -0.3 is 10.2 Å². The maximum absolute atomic E-state index is 12.1. The number of rotatable bonds is 5. The minimum absolute atomic E-state index is 0.0410. The quantitative estimate of drug-likeness (QED) is 0.911. The second-order valence-electron chi connectivity index (χ2n) is 5.96. The van der Waals surface area contributed by atoms with E-state index in [0.29, 0.717) is 24.0 Å². The van der Waals surface area contributed by atoms with Crippen LogP contribution in [0.1, 0.15) is 32.1 Å². The van der Waals surface area contributed by atoms with Gasteiger partial charge in [0.15, 0.2) is 5.82 Å². The molecule has 0 aliphatic carbocycles. The number of carbonyl (C=O) groups excluding carboxylic acids is 1. The highest BCUT2D eigenvalue weighted by molar-refractivity contribution is 5.90. The molecule has 0 aromatic carbocycles. The fourth-order valence-corrected chi connectivity index (χ4v) is 2.95. The number of amides is 1. The number of nitrogens with zero attached hydrogens (tertiary/aromatic N) is 5. The van der Waals surface area contributed by atoms with Crippen LogP contribution in [0.4, 0.5) is 5.69 Å². The molecule has 7 heteroatoms. The maximum Gasteiger partial charge on any atom is 0.224 e. The first kappa shape index (κ1) is 15.6. The Morgan fingerprint density at radius 2 is 2.30 bits per heavy atom. The van der Waals surface area contributed by atoms with E-state index in [1.54, 1.807) is 23.3 Å². The van der Waals surface area contributed by atoms with E-state index in [1.165, 1.54) is 25.6 Å². The van der Waals surface area contributed by atoms with Crippen molar-refractivity contribution in [3.63, 3.8) is 0 Å². The van der Waals surface area contributed by atoms with Crippen LogP contribution in [0.15, 0.2) is 31.0 Å². The molecular formula is C16H22N6O. The smallest absolute Gasteiger partial charge is 0.224 e. The molecule has 1 saturated heterocycles. The van der Waals surface area contributed by atoms with E-state index < -0.39 is 0 Å². The highest BCUT2D eigenvalue weighted by Gasteiger charge is 2.19. The summed E-state index contributed by atoms with van der Waals surface area (Å²) in [6, 6.07) is 4.16. The molecule has 1 fully saturated rings. The summed E-state index contributed by atoms with van der Waals surface area (Å²) < 4.78 is 1.57. The van der Waals surface area contributed by atoms with Gasteiger partial charge in [0, 0.05) is 12.5 Å². The average molecular weight is 314 g/mol. The minimum Gasteiger partial charge on any atom is -0.325 e. The van der Waals surface area contributed by atoms with Crippen molar-refractivity contribution in [2.75, 3.05) is 18.9 Å². The molecule has 3 heterocycles. The molecule has 2 aromatic rings. The fraction of sp³-hybridized carbons (Fsp3) is 0.500. The number of anilines is 1. The number of likely N-dealkylation sites (tertiary alicyclic amines) is 1. The molecule has 0 bridgehead atoms. The molecule has 0 saturated carbocycles. The molecule has 122 valence electrons. The van der Waals surface area contributed by atoms with Crippen molar-refractivity contribution in [1.29, 1.82) is 0 Å². The van der Waals surface area contributed by atoms with Gasteiger partial charge in [-0.3, -0.25) is 4.79 Å². The summed E-state index contributed by atoms with van der Waals surface area (Å²) in [6.45, 7) is 1.14. The van der Waals surface area contributed by atoms with Gasteiger partial charge in [0.25, 0.3) is 0 Å². The van der Waals surface area contributed by atoms with Crippen LogP contribution in [0, 0.1) is 0 Å². The predicted octanol–water partition coefficient (Wildman–Crippen LogP) is 1.87. The summed E-state index contributed by atoms with van der Waals surface area (Å²) in [5.74, 6) is 0.712.